The highest BCUT2D eigenvalue weighted by Crippen LogP contribution is 2.51. The van der Waals surface area contributed by atoms with Crippen LogP contribution in [0, 0.1) is 0 Å². The average Bonchev–Trinajstić information content (AvgIpc) is 2.51. The number of hydrogen-bond acceptors (Lipinski definition) is 6. The first-order chi connectivity index (χ1) is 9.76. The maximum absolute atomic E-state index is 13.3. The van der Waals surface area contributed by atoms with Crippen LogP contribution in [0.2, 0.25) is 0 Å². The van der Waals surface area contributed by atoms with Gasteiger partial charge in [-0.25, -0.2) is 9.59 Å². The molecule has 0 atom stereocenters. The second-order valence-electron chi connectivity index (χ2n) is 5.56. The summed E-state index contributed by atoms with van der Waals surface area (Å²) in [6.07, 6.45) is -4.39. The van der Waals surface area contributed by atoms with Crippen molar-refractivity contribution in [2.24, 2.45) is 0 Å². The maximum Gasteiger partial charge on any atom is 0.486 e. The molecule has 0 aromatic rings. The highest BCUT2D eigenvalue weighted by Gasteiger charge is 2.73. The van der Waals surface area contributed by atoms with Crippen molar-refractivity contribution in [3.05, 3.63) is 12.7 Å². The molecule has 22 heavy (non-hydrogen) atoms. The predicted molar refractivity (Wildman–Crippen MR) is 66.4 cm³/mol. The molecule has 1 aliphatic rings. The summed E-state index contributed by atoms with van der Waals surface area (Å²) in [6.45, 7) is 7.51. The molecule has 0 spiro atoms. The Kier molecular flexibility index (Phi) is 4.65. The lowest BCUT2D eigenvalue weighted by Gasteiger charge is -2.29. The van der Waals surface area contributed by atoms with Crippen LogP contribution in [0.25, 0.3) is 0 Å². The van der Waals surface area contributed by atoms with Gasteiger partial charge in [0.2, 0.25) is 0 Å². The number of ether oxygens (including phenoxy) is 4. The predicted octanol–water partition coefficient (Wildman–Crippen LogP) is 2.08. The highest BCUT2D eigenvalue weighted by atomic mass is 19.4. The van der Waals surface area contributed by atoms with E-state index in [1.165, 1.54) is 27.7 Å². The number of halogens is 3. The van der Waals surface area contributed by atoms with E-state index in [1.54, 1.807) is 0 Å². The Labute approximate surface area is 125 Å². The van der Waals surface area contributed by atoms with Crippen molar-refractivity contribution >= 4 is 11.9 Å². The van der Waals surface area contributed by atoms with Gasteiger partial charge < -0.3 is 18.9 Å². The van der Waals surface area contributed by atoms with Gasteiger partial charge in [0.05, 0.1) is 11.2 Å². The summed E-state index contributed by atoms with van der Waals surface area (Å²) >= 11 is 0. The Bertz CT molecular complexity index is 465. The molecule has 0 bridgehead atoms. The Morgan fingerprint density at radius 1 is 1.14 bits per heavy atom. The summed E-state index contributed by atoms with van der Waals surface area (Å²) in [4.78, 5) is 22.3. The zero-order valence-corrected chi connectivity index (χ0v) is 12.6. The molecular weight excluding hydrogens is 309 g/mol. The smallest absolute Gasteiger partial charge is 0.451 e. The van der Waals surface area contributed by atoms with Gasteiger partial charge in [-0.2, -0.15) is 13.2 Å². The van der Waals surface area contributed by atoms with Gasteiger partial charge in [-0.15, -0.1) is 0 Å². The Balaban J connectivity index is 2.96. The van der Waals surface area contributed by atoms with E-state index in [1.807, 2.05) is 0 Å². The zero-order valence-electron chi connectivity index (χ0n) is 12.6. The van der Waals surface area contributed by atoms with Gasteiger partial charge in [0.1, 0.15) is 0 Å². The van der Waals surface area contributed by atoms with E-state index in [-0.39, 0.29) is 0 Å². The topological polar surface area (TPSA) is 71.1 Å². The lowest BCUT2D eigenvalue weighted by Crippen LogP contribution is -2.52. The number of hydrogen-bond donors (Lipinski definition) is 0. The van der Waals surface area contributed by atoms with E-state index >= 15 is 0 Å². The number of esters is 2. The fourth-order valence-electron chi connectivity index (χ4n) is 1.52. The van der Waals surface area contributed by atoms with Crippen molar-refractivity contribution in [2.75, 3.05) is 6.61 Å². The van der Waals surface area contributed by atoms with Gasteiger partial charge >= 0.3 is 24.1 Å². The van der Waals surface area contributed by atoms with Gasteiger partial charge in [-0.1, -0.05) is 6.58 Å². The van der Waals surface area contributed by atoms with Crippen molar-refractivity contribution in [1.29, 1.82) is 0 Å². The molecule has 9 heteroatoms. The van der Waals surface area contributed by atoms with E-state index in [9.17, 15) is 22.8 Å². The van der Waals surface area contributed by atoms with Crippen molar-refractivity contribution < 1.29 is 41.7 Å². The fourth-order valence-corrected chi connectivity index (χ4v) is 1.52. The second-order valence-corrected chi connectivity index (χ2v) is 5.56. The molecule has 0 aliphatic carbocycles. The van der Waals surface area contributed by atoms with Crippen LogP contribution in [0.3, 0.4) is 0 Å². The first-order valence-corrected chi connectivity index (χ1v) is 6.24. The van der Waals surface area contributed by atoms with Gasteiger partial charge in [-0.3, -0.25) is 0 Å². The first-order valence-electron chi connectivity index (χ1n) is 6.24. The number of alkyl halides is 3. The van der Waals surface area contributed by atoms with Crippen molar-refractivity contribution in [1.82, 2.24) is 0 Å². The Morgan fingerprint density at radius 2 is 1.59 bits per heavy atom. The minimum Gasteiger partial charge on any atom is -0.451 e. The normalized spacial score (nSPS) is 22.0. The van der Waals surface area contributed by atoms with Gasteiger partial charge in [0.15, 0.2) is 6.61 Å². The molecule has 0 saturated carbocycles. The lowest BCUT2D eigenvalue weighted by atomic mass is 9.90. The van der Waals surface area contributed by atoms with Gasteiger partial charge in [0, 0.05) is 6.08 Å². The monoisotopic (exact) mass is 326 g/mol. The van der Waals surface area contributed by atoms with Crippen LogP contribution in [-0.2, 0) is 28.5 Å². The molecule has 0 aromatic heterocycles. The van der Waals surface area contributed by atoms with Crippen LogP contribution in [-0.4, -0.2) is 41.9 Å². The summed E-state index contributed by atoms with van der Waals surface area (Å²) in [6, 6.07) is 0. The van der Waals surface area contributed by atoms with E-state index in [0.717, 1.165) is 6.08 Å². The van der Waals surface area contributed by atoms with E-state index in [4.69, 9.17) is 9.47 Å². The van der Waals surface area contributed by atoms with Crippen molar-refractivity contribution in [3.8, 4) is 0 Å². The quantitative estimate of drug-likeness (QED) is 0.582. The molecule has 1 fully saturated rings. The second kappa shape index (κ2) is 5.54. The summed E-state index contributed by atoms with van der Waals surface area (Å²) in [5.41, 5.74) is -2.78. The molecule has 1 aliphatic heterocycles. The molecule has 0 unspecified atom stereocenters. The first kappa shape index (κ1) is 18.4. The van der Waals surface area contributed by atoms with E-state index < -0.39 is 41.9 Å². The summed E-state index contributed by atoms with van der Waals surface area (Å²) in [5.74, 6) is -6.01. The summed E-state index contributed by atoms with van der Waals surface area (Å²) in [5, 5.41) is 0. The molecule has 6 nitrogen and oxygen atoms in total. The average molecular weight is 326 g/mol. The number of rotatable bonds is 4. The third kappa shape index (κ3) is 3.41. The van der Waals surface area contributed by atoms with Crippen LogP contribution in [0.15, 0.2) is 12.7 Å². The molecule has 0 N–H and O–H groups in total. The van der Waals surface area contributed by atoms with Crippen molar-refractivity contribution in [3.63, 3.8) is 0 Å². The minimum atomic E-state index is -5.14. The SMILES string of the molecule is C=CC(=O)OCC(=O)OC1(C(F)(F)F)OC(C)(C)C(C)(C)O1. The number of carbonyl (C=O) groups excluding carboxylic acids is 2. The molecule has 0 amide bonds. The van der Waals surface area contributed by atoms with Crippen LogP contribution in [0.5, 0.6) is 0 Å². The zero-order chi connectivity index (χ0) is 17.4. The molecule has 0 aromatic carbocycles. The molecule has 1 saturated heterocycles. The molecule has 0 radical (unpaired) electrons. The Hall–Kier alpha value is -1.61. The molecule has 126 valence electrons. The van der Waals surface area contributed by atoms with Gasteiger partial charge in [0.25, 0.3) is 0 Å². The fraction of sp³-hybridized carbons (Fsp3) is 0.692. The van der Waals surface area contributed by atoms with Gasteiger partial charge in [-0.05, 0) is 27.7 Å². The largest absolute Gasteiger partial charge is 0.486 e. The third-order valence-electron chi connectivity index (χ3n) is 3.32. The summed E-state index contributed by atoms with van der Waals surface area (Å²) < 4.78 is 58.2. The third-order valence-corrected chi connectivity index (χ3v) is 3.32. The van der Waals surface area contributed by atoms with E-state index in [0.29, 0.717) is 0 Å². The van der Waals surface area contributed by atoms with Crippen molar-refractivity contribution in [2.45, 2.75) is 51.0 Å². The number of carbonyl (C=O) groups is 2. The summed E-state index contributed by atoms with van der Waals surface area (Å²) in [7, 11) is 0. The molecule has 1 rings (SSSR count). The molecular formula is C13H17F3O6. The van der Waals surface area contributed by atoms with Crippen LogP contribution in [0.1, 0.15) is 27.7 Å². The standard InChI is InChI=1S/C13H17F3O6/c1-6-8(17)19-7-9(18)20-13(12(14,15)16)21-10(2,3)11(4,5)22-13/h6H,1,7H2,2-5H3. The molecule has 1 heterocycles. The van der Waals surface area contributed by atoms with Crippen LogP contribution >= 0.6 is 0 Å². The Morgan fingerprint density at radius 3 is 1.95 bits per heavy atom. The van der Waals surface area contributed by atoms with E-state index in [2.05, 4.69) is 16.1 Å². The van der Waals surface area contributed by atoms with Crippen LogP contribution in [0.4, 0.5) is 13.2 Å². The minimum absolute atomic E-state index is 0.752. The lowest BCUT2D eigenvalue weighted by molar-refractivity contribution is -0.448. The van der Waals surface area contributed by atoms with Crippen LogP contribution < -0.4 is 0 Å². The highest BCUT2D eigenvalue weighted by molar-refractivity contribution is 5.83. The maximum atomic E-state index is 13.3.